The molecule has 3 aromatic rings. The number of benzene rings is 2. The maximum absolute atomic E-state index is 12.3. The highest BCUT2D eigenvalue weighted by Gasteiger charge is 2.11. The zero-order valence-corrected chi connectivity index (χ0v) is 16.9. The van der Waals surface area contributed by atoms with E-state index in [0.29, 0.717) is 17.2 Å². The zero-order chi connectivity index (χ0) is 19.6. The van der Waals surface area contributed by atoms with Crippen molar-refractivity contribution in [3.8, 4) is 11.3 Å². The molecule has 0 fully saturated rings. The number of hydrogen-bond acceptors (Lipinski definition) is 5. The third-order valence-corrected chi connectivity index (χ3v) is 6.27. The minimum atomic E-state index is -3.28. The second-order valence-electron chi connectivity index (χ2n) is 6.55. The molecule has 2 aromatic carbocycles. The van der Waals surface area contributed by atoms with Crippen LogP contribution in [-0.4, -0.2) is 25.6 Å². The molecule has 140 valence electrons. The van der Waals surface area contributed by atoms with Crippen LogP contribution in [0, 0.1) is 0 Å². The third kappa shape index (κ3) is 4.61. The summed E-state index contributed by atoms with van der Waals surface area (Å²) >= 11 is 1.64. The third-order valence-electron chi connectivity index (χ3n) is 4.00. The van der Waals surface area contributed by atoms with Gasteiger partial charge in [-0.15, -0.1) is 11.3 Å². The summed E-state index contributed by atoms with van der Waals surface area (Å²) < 4.78 is 23.0. The van der Waals surface area contributed by atoms with E-state index in [1.165, 1.54) is 24.3 Å². The molecule has 1 aromatic heterocycles. The molecule has 0 aliphatic carbocycles. The number of carbonyl (C=O) groups excluding carboxylic acids is 1. The molecule has 3 rings (SSSR count). The largest absolute Gasteiger partial charge is 0.322 e. The fourth-order valence-corrected chi connectivity index (χ4v) is 3.94. The molecule has 0 radical (unpaired) electrons. The van der Waals surface area contributed by atoms with Crippen LogP contribution in [0.4, 0.5) is 5.69 Å². The molecule has 1 N–H and O–H groups in total. The standard InChI is InChI=1S/C20H20N2O3S2/c1-13(2)20-22-18(12-26-20)14-4-8-16(9-5-14)21-19(23)15-6-10-17(11-7-15)27(3,24)25/h4-13H,1-3H3,(H,21,23). The van der Waals surface area contributed by atoms with Gasteiger partial charge in [-0.2, -0.15) is 0 Å². The SMILES string of the molecule is CC(C)c1nc(-c2ccc(NC(=O)c3ccc(S(C)(=O)=O)cc3)cc2)cs1. The number of rotatable bonds is 5. The first-order chi connectivity index (χ1) is 12.7. The maximum atomic E-state index is 12.3. The van der Waals surface area contributed by atoms with E-state index in [2.05, 4.69) is 24.1 Å². The van der Waals surface area contributed by atoms with Gasteiger partial charge in [-0.05, 0) is 36.4 Å². The lowest BCUT2D eigenvalue weighted by molar-refractivity contribution is 0.102. The van der Waals surface area contributed by atoms with Gasteiger partial charge in [-0.3, -0.25) is 4.79 Å². The van der Waals surface area contributed by atoms with Gasteiger partial charge in [0.25, 0.3) is 5.91 Å². The maximum Gasteiger partial charge on any atom is 0.255 e. The van der Waals surface area contributed by atoms with Gasteiger partial charge in [-0.1, -0.05) is 26.0 Å². The topological polar surface area (TPSA) is 76.1 Å². The molecule has 0 saturated carbocycles. The second kappa shape index (κ2) is 7.62. The quantitative estimate of drug-likeness (QED) is 0.680. The van der Waals surface area contributed by atoms with Crippen LogP contribution >= 0.6 is 11.3 Å². The van der Waals surface area contributed by atoms with E-state index in [4.69, 9.17) is 0 Å². The Bertz CT molecular complexity index is 1050. The monoisotopic (exact) mass is 400 g/mol. The summed E-state index contributed by atoms with van der Waals surface area (Å²) in [5, 5.41) is 5.94. The number of nitrogens with one attached hydrogen (secondary N) is 1. The van der Waals surface area contributed by atoms with Crippen molar-refractivity contribution in [1.29, 1.82) is 0 Å². The molecule has 0 aliphatic rings. The van der Waals surface area contributed by atoms with Gasteiger partial charge in [0, 0.05) is 34.4 Å². The molecule has 1 amide bonds. The van der Waals surface area contributed by atoms with Crippen molar-refractivity contribution in [2.75, 3.05) is 11.6 Å². The lowest BCUT2D eigenvalue weighted by atomic mass is 10.1. The Labute approximate surface area is 163 Å². The first kappa shape index (κ1) is 19.3. The van der Waals surface area contributed by atoms with Crippen LogP contribution in [0.15, 0.2) is 58.8 Å². The molecule has 5 nitrogen and oxygen atoms in total. The highest BCUT2D eigenvalue weighted by atomic mass is 32.2. The number of nitrogens with zero attached hydrogens (tertiary/aromatic N) is 1. The number of anilines is 1. The molecule has 7 heteroatoms. The van der Waals surface area contributed by atoms with Crippen LogP contribution in [-0.2, 0) is 9.84 Å². The highest BCUT2D eigenvalue weighted by Crippen LogP contribution is 2.27. The van der Waals surface area contributed by atoms with Gasteiger partial charge in [0.2, 0.25) is 0 Å². The lowest BCUT2D eigenvalue weighted by Crippen LogP contribution is -2.12. The van der Waals surface area contributed by atoms with Crippen molar-refractivity contribution < 1.29 is 13.2 Å². The van der Waals surface area contributed by atoms with Crippen molar-refractivity contribution in [3.05, 3.63) is 64.5 Å². The number of amides is 1. The Morgan fingerprint density at radius 1 is 1.04 bits per heavy atom. The van der Waals surface area contributed by atoms with Crippen LogP contribution in [0.5, 0.6) is 0 Å². The van der Waals surface area contributed by atoms with Crippen LogP contribution < -0.4 is 5.32 Å². The summed E-state index contributed by atoms with van der Waals surface area (Å²) in [6.07, 6.45) is 1.14. The Kier molecular flexibility index (Phi) is 5.43. The van der Waals surface area contributed by atoms with Crippen LogP contribution in [0.3, 0.4) is 0 Å². The number of aromatic nitrogens is 1. The van der Waals surface area contributed by atoms with Crippen LogP contribution in [0.25, 0.3) is 11.3 Å². The van der Waals surface area contributed by atoms with Crippen molar-refractivity contribution in [2.24, 2.45) is 0 Å². The number of hydrogen-bond donors (Lipinski definition) is 1. The lowest BCUT2D eigenvalue weighted by Gasteiger charge is -2.07. The highest BCUT2D eigenvalue weighted by molar-refractivity contribution is 7.90. The van der Waals surface area contributed by atoms with E-state index in [1.54, 1.807) is 11.3 Å². The summed E-state index contributed by atoms with van der Waals surface area (Å²) in [5.41, 5.74) is 2.98. The first-order valence-corrected chi connectivity index (χ1v) is 11.2. The van der Waals surface area contributed by atoms with Gasteiger partial charge >= 0.3 is 0 Å². The molecule has 0 bridgehead atoms. The van der Waals surface area contributed by atoms with E-state index >= 15 is 0 Å². The molecular formula is C20H20N2O3S2. The van der Waals surface area contributed by atoms with Crippen molar-refractivity contribution in [3.63, 3.8) is 0 Å². The molecule has 0 spiro atoms. The Morgan fingerprint density at radius 2 is 1.67 bits per heavy atom. The number of sulfone groups is 1. The smallest absolute Gasteiger partial charge is 0.255 e. The average molecular weight is 401 g/mol. The van der Waals surface area contributed by atoms with Crippen molar-refractivity contribution in [2.45, 2.75) is 24.7 Å². The minimum Gasteiger partial charge on any atom is -0.322 e. The molecule has 0 saturated heterocycles. The summed E-state index contributed by atoms with van der Waals surface area (Å²) in [4.78, 5) is 17.2. The van der Waals surface area contributed by atoms with Gasteiger partial charge in [-0.25, -0.2) is 13.4 Å². The van der Waals surface area contributed by atoms with E-state index in [9.17, 15) is 13.2 Å². The molecule has 27 heavy (non-hydrogen) atoms. The summed E-state index contributed by atoms with van der Waals surface area (Å²) in [6.45, 7) is 4.23. The van der Waals surface area contributed by atoms with Crippen molar-refractivity contribution >= 4 is 32.8 Å². The first-order valence-electron chi connectivity index (χ1n) is 8.41. The van der Waals surface area contributed by atoms with E-state index < -0.39 is 9.84 Å². The van der Waals surface area contributed by atoms with Gasteiger partial charge in [0.15, 0.2) is 9.84 Å². The number of carbonyl (C=O) groups is 1. The Hall–Kier alpha value is -2.51. The van der Waals surface area contributed by atoms with Crippen LogP contribution in [0.1, 0.15) is 35.1 Å². The zero-order valence-electron chi connectivity index (χ0n) is 15.3. The molecule has 0 aliphatic heterocycles. The minimum absolute atomic E-state index is 0.187. The van der Waals surface area contributed by atoms with E-state index in [-0.39, 0.29) is 10.8 Å². The summed E-state index contributed by atoms with van der Waals surface area (Å²) in [6, 6.07) is 13.4. The number of thiazole rings is 1. The average Bonchev–Trinajstić information content (AvgIpc) is 3.12. The van der Waals surface area contributed by atoms with Gasteiger partial charge < -0.3 is 5.32 Å². The predicted molar refractivity (Wildman–Crippen MR) is 109 cm³/mol. The van der Waals surface area contributed by atoms with Gasteiger partial charge in [0.05, 0.1) is 15.6 Å². The van der Waals surface area contributed by atoms with E-state index in [1.807, 2.05) is 29.6 Å². The fourth-order valence-electron chi connectivity index (χ4n) is 2.47. The fraction of sp³-hybridized carbons (Fsp3) is 0.200. The molecule has 1 heterocycles. The van der Waals surface area contributed by atoms with E-state index in [0.717, 1.165) is 22.5 Å². The molecule has 0 unspecified atom stereocenters. The Morgan fingerprint density at radius 3 is 2.19 bits per heavy atom. The Balaban J connectivity index is 1.71. The summed E-state index contributed by atoms with van der Waals surface area (Å²) in [7, 11) is -3.28. The molecular weight excluding hydrogens is 380 g/mol. The van der Waals surface area contributed by atoms with Gasteiger partial charge in [0.1, 0.15) is 0 Å². The normalized spacial score (nSPS) is 11.6. The predicted octanol–water partition coefficient (Wildman–Crippen LogP) is 4.59. The molecule has 0 atom stereocenters. The van der Waals surface area contributed by atoms with Crippen LogP contribution in [0.2, 0.25) is 0 Å². The second-order valence-corrected chi connectivity index (χ2v) is 9.46. The summed E-state index contributed by atoms with van der Waals surface area (Å²) in [5.74, 6) is 0.106. The van der Waals surface area contributed by atoms with Crippen molar-refractivity contribution in [1.82, 2.24) is 4.98 Å².